The topological polar surface area (TPSA) is 72.3 Å². The summed E-state index contributed by atoms with van der Waals surface area (Å²) in [6.07, 6.45) is 5.00. The maximum atomic E-state index is 11.6. The van der Waals surface area contributed by atoms with Crippen LogP contribution in [-0.4, -0.2) is 51.5 Å². The highest BCUT2D eigenvalue weighted by Gasteiger charge is 2.22. The molecule has 1 aromatic heterocycles. The van der Waals surface area contributed by atoms with E-state index in [1.54, 1.807) is 11.0 Å². The van der Waals surface area contributed by atoms with E-state index in [1.165, 1.54) is 17.5 Å². The molecule has 1 atom stereocenters. The molecule has 1 saturated heterocycles. The monoisotopic (exact) mass is 343 g/mol. The minimum Gasteiger partial charge on any atom is -0.450 e. The fourth-order valence-electron chi connectivity index (χ4n) is 3.32. The van der Waals surface area contributed by atoms with Crippen LogP contribution in [-0.2, 0) is 11.3 Å². The van der Waals surface area contributed by atoms with E-state index in [0.717, 1.165) is 38.2 Å². The predicted octanol–water partition coefficient (Wildman–Crippen LogP) is 2.29. The summed E-state index contributed by atoms with van der Waals surface area (Å²) in [4.78, 5) is 18.0. The van der Waals surface area contributed by atoms with E-state index in [1.807, 2.05) is 6.92 Å². The highest BCUT2D eigenvalue weighted by atomic mass is 16.5. The number of hydrogen-bond donors (Lipinski definition) is 1. The van der Waals surface area contributed by atoms with Crippen molar-refractivity contribution in [3.63, 3.8) is 0 Å². The summed E-state index contributed by atoms with van der Waals surface area (Å²) in [7, 11) is 0. The first-order chi connectivity index (χ1) is 12.2. The molecule has 1 N–H and O–H groups in total. The maximum Gasteiger partial charge on any atom is 0.407 e. The molecular formula is C18H25N5O2. The first-order valence-electron chi connectivity index (χ1n) is 8.76. The quantitative estimate of drug-likeness (QED) is 0.902. The van der Waals surface area contributed by atoms with E-state index in [-0.39, 0.29) is 12.1 Å². The second-order valence-corrected chi connectivity index (χ2v) is 6.40. The zero-order valence-electron chi connectivity index (χ0n) is 14.8. The first-order valence-corrected chi connectivity index (χ1v) is 8.76. The van der Waals surface area contributed by atoms with E-state index in [0.29, 0.717) is 6.61 Å². The molecule has 1 fully saturated rings. The van der Waals surface area contributed by atoms with Crippen LogP contribution in [0.15, 0.2) is 30.9 Å². The Morgan fingerprint density at radius 1 is 1.44 bits per heavy atom. The molecule has 0 aliphatic carbocycles. The van der Waals surface area contributed by atoms with Gasteiger partial charge in [-0.05, 0) is 50.4 Å². The minimum atomic E-state index is -0.317. The van der Waals surface area contributed by atoms with Gasteiger partial charge < -0.3 is 10.1 Å². The van der Waals surface area contributed by atoms with Gasteiger partial charge in [-0.25, -0.2) is 14.5 Å². The van der Waals surface area contributed by atoms with Gasteiger partial charge in [-0.2, -0.15) is 5.10 Å². The Balaban J connectivity index is 1.60. The molecule has 2 heterocycles. The first kappa shape index (κ1) is 17.4. The highest BCUT2D eigenvalue weighted by Crippen LogP contribution is 2.18. The van der Waals surface area contributed by atoms with Crippen molar-refractivity contribution >= 4 is 6.09 Å². The van der Waals surface area contributed by atoms with Gasteiger partial charge >= 0.3 is 6.09 Å². The number of rotatable bonds is 5. The van der Waals surface area contributed by atoms with Gasteiger partial charge in [0.1, 0.15) is 12.7 Å². The Bertz CT molecular complexity index is 701. The van der Waals surface area contributed by atoms with Crippen molar-refractivity contribution in [3.05, 3.63) is 42.0 Å². The second-order valence-electron chi connectivity index (χ2n) is 6.40. The van der Waals surface area contributed by atoms with Crippen molar-refractivity contribution in [1.29, 1.82) is 0 Å². The number of alkyl carbamates (subject to hydrolysis) is 1. The normalized spacial score (nSPS) is 18.1. The summed E-state index contributed by atoms with van der Waals surface area (Å²) in [5.41, 5.74) is 3.47. The minimum absolute atomic E-state index is 0.156. The lowest BCUT2D eigenvalue weighted by molar-refractivity contribution is 0.132. The lowest BCUT2D eigenvalue weighted by atomic mass is 10.0. The number of hydrogen-bond acceptors (Lipinski definition) is 5. The standard InChI is InChI=1S/C18H25N5O2/c1-3-25-18(24)21-16-5-4-8-22(11-16)10-15-6-7-17(14(2)9-15)23-13-19-12-20-23/h6-7,9,12-13,16H,3-5,8,10-11H2,1-2H3,(H,21,24)/t16-/m0/s1. The molecule has 1 aliphatic heterocycles. The van der Waals surface area contributed by atoms with Gasteiger partial charge in [0.2, 0.25) is 0 Å². The average molecular weight is 343 g/mol. The van der Waals surface area contributed by atoms with Gasteiger partial charge in [0, 0.05) is 19.1 Å². The van der Waals surface area contributed by atoms with Crippen molar-refractivity contribution < 1.29 is 9.53 Å². The molecule has 0 radical (unpaired) electrons. The Hall–Kier alpha value is -2.41. The van der Waals surface area contributed by atoms with Gasteiger partial charge in [0.15, 0.2) is 0 Å². The lowest BCUT2D eigenvalue weighted by Crippen LogP contribution is -2.47. The summed E-state index contributed by atoms with van der Waals surface area (Å²) < 4.78 is 6.76. The molecule has 0 saturated carbocycles. The number of carbonyl (C=O) groups excluding carboxylic acids is 1. The van der Waals surface area contributed by atoms with Gasteiger partial charge in [0.05, 0.1) is 12.3 Å². The SMILES string of the molecule is CCOC(=O)N[C@H]1CCCN(Cc2ccc(-n3cncn3)c(C)c2)C1. The van der Waals surface area contributed by atoms with Crippen molar-refractivity contribution in [2.45, 2.75) is 39.3 Å². The van der Waals surface area contributed by atoms with Gasteiger partial charge in [-0.1, -0.05) is 12.1 Å². The Morgan fingerprint density at radius 3 is 3.04 bits per heavy atom. The molecule has 7 nitrogen and oxygen atoms in total. The number of likely N-dealkylation sites (tertiary alicyclic amines) is 1. The fraction of sp³-hybridized carbons (Fsp3) is 0.500. The van der Waals surface area contributed by atoms with Crippen LogP contribution >= 0.6 is 0 Å². The smallest absolute Gasteiger partial charge is 0.407 e. The molecule has 0 bridgehead atoms. The number of benzene rings is 1. The zero-order valence-corrected chi connectivity index (χ0v) is 14.8. The number of aryl methyl sites for hydroxylation is 1. The van der Waals surface area contributed by atoms with Gasteiger partial charge in [-0.3, -0.25) is 4.90 Å². The van der Waals surface area contributed by atoms with Crippen LogP contribution in [0, 0.1) is 6.92 Å². The Labute approximate surface area is 148 Å². The van der Waals surface area contributed by atoms with E-state index in [2.05, 4.69) is 45.4 Å². The summed E-state index contributed by atoms with van der Waals surface area (Å²) in [6, 6.07) is 6.56. The lowest BCUT2D eigenvalue weighted by Gasteiger charge is -2.33. The zero-order chi connectivity index (χ0) is 17.6. The van der Waals surface area contributed by atoms with Gasteiger partial charge in [0.25, 0.3) is 0 Å². The molecule has 134 valence electrons. The number of ether oxygens (including phenoxy) is 1. The summed E-state index contributed by atoms with van der Waals surface area (Å²) in [5.74, 6) is 0. The van der Waals surface area contributed by atoms with Crippen molar-refractivity contribution in [2.24, 2.45) is 0 Å². The number of piperidine rings is 1. The predicted molar refractivity (Wildman–Crippen MR) is 94.6 cm³/mol. The summed E-state index contributed by atoms with van der Waals surface area (Å²) in [5, 5.41) is 7.14. The number of carbonyl (C=O) groups is 1. The number of aromatic nitrogens is 3. The molecule has 2 aromatic rings. The molecule has 3 rings (SSSR count). The summed E-state index contributed by atoms with van der Waals surface area (Å²) >= 11 is 0. The second kappa shape index (κ2) is 8.11. The number of nitrogens with zero attached hydrogens (tertiary/aromatic N) is 4. The third-order valence-electron chi connectivity index (χ3n) is 4.44. The largest absolute Gasteiger partial charge is 0.450 e. The molecule has 0 spiro atoms. The van der Waals surface area contributed by atoms with Crippen LogP contribution in [0.4, 0.5) is 4.79 Å². The number of nitrogens with one attached hydrogen (secondary N) is 1. The van der Waals surface area contributed by atoms with Crippen LogP contribution < -0.4 is 5.32 Å². The summed E-state index contributed by atoms with van der Waals surface area (Å²) in [6.45, 7) is 7.08. The van der Waals surface area contributed by atoms with Crippen LogP contribution in [0.25, 0.3) is 5.69 Å². The van der Waals surface area contributed by atoms with Crippen molar-refractivity contribution in [1.82, 2.24) is 25.0 Å². The molecule has 1 aliphatic rings. The molecule has 0 unspecified atom stereocenters. The van der Waals surface area contributed by atoms with E-state index < -0.39 is 0 Å². The Kier molecular flexibility index (Phi) is 5.65. The van der Waals surface area contributed by atoms with E-state index in [4.69, 9.17) is 4.74 Å². The van der Waals surface area contributed by atoms with Crippen molar-refractivity contribution in [2.75, 3.05) is 19.7 Å². The van der Waals surface area contributed by atoms with Gasteiger partial charge in [-0.15, -0.1) is 0 Å². The molecule has 25 heavy (non-hydrogen) atoms. The fourth-order valence-corrected chi connectivity index (χ4v) is 3.32. The van der Waals surface area contributed by atoms with E-state index >= 15 is 0 Å². The van der Waals surface area contributed by atoms with Crippen molar-refractivity contribution in [3.8, 4) is 5.69 Å². The molecule has 1 amide bonds. The maximum absolute atomic E-state index is 11.6. The average Bonchev–Trinajstić information content (AvgIpc) is 3.09. The highest BCUT2D eigenvalue weighted by molar-refractivity contribution is 5.67. The molecular weight excluding hydrogens is 318 g/mol. The van der Waals surface area contributed by atoms with Crippen LogP contribution in [0.2, 0.25) is 0 Å². The molecule has 1 aromatic carbocycles. The number of amides is 1. The third-order valence-corrected chi connectivity index (χ3v) is 4.44. The third kappa shape index (κ3) is 4.57. The molecule has 7 heteroatoms. The van der Waals surface area contributed by atoms with Crippen LogP contribution in [0.5, 0.6) is 0 Å². The Morgan fingerprint density at radius 2 is 2.32 bits per heavy atom. The van der Waals surface area contributed by atoms with Crippen LogP contribution in [0.1, 0.15) is 30.9 Å². The van der Waals surface area contributed by atoms with E-state index in [9.17, 15) is 4.79 Å². The van der Waals surface area contributed by atoms with Crippen LogP contribution in [0.3, 0.4) is 0 Å².